The first kappa shape index (κ1) is 16.2. The molecule has 24 heavy (non-hydrogen) atoms. The van der Waals surface area contributed by atoms with Gasteiger partial charge in [0, 0.05) is 32.7 Å². The van der Waals surface area contributed by atoms with E-state index >= 15 is 0 Å². The molecule has 0 fully saturated rings. The van der Waals surface area contributed by atoms with Crippen LogP contribution in [0.4, 0.5) is 15.8 Å². The molecule has 1 aromatic heterocycles. The molecule has 0 spiro atoms. The molecule has 0 bridgehead atoms. The van der Waals surface area contributed by atoms with Crippen LogP contribution in [0.3, 0.4) is 0 Å². The van der Waals surface area contributed by atoms with Crippen LogP contribution in [-0.4, -0.2) is 11.2 Å². The minimum Gasteiger partial charge on any atom is -0.396 e. The zero-order valence-electron chi connectivity index (χ0n) is 12.7. The number of nitrogens with two attached hydrogens (primary N) is 2. The van der Waals surface area contributed by atoms with E-state index in [0.29, 0.717) is 22.0 Å². The fraction of sp³-hybridized carbons (Fsp3) is 0.0588. The Hall–Kier alpha value is -2.67. The number of hydrogen-bond acceptors (Lipinski definition) is 4. The van der Waals surface area contributed by atoms with E-state index in [9.17, 15) is 9.18 Å². The lowest BCUT2D eigenvalue weighted by atomic mass is 9.94. The number of aryl methyl sites for hydroxylation is 1. The quantitative estimate of drug-likeness (QED) is 0.397. The summed E-state index contributed by atoms with van der Waals surface area (Å²) in [6.45, 7) is 1.90. The van der Waals surface area contributed by atoms with Crippen LogP contribution in [0.1, 0.15) is 11.1 Å². The Morgan fingerprint density at radius 1 is 1.25 bits per heavy atom. The first-order chi connectivity index (χ1) is 11.3. The zero-order valence-corrected chi connectivity index (χ0v) is 14.3. The Bertz CT molecular complexity index is 1060. The minimum atomic E-state index is -0.623. The molecule has 5 nitrogen and oxygen atoms in total. The van der Waals surface area contributed by atoms with Crippen LogP contribution < -0.4 is 17.0 Å². The van der Waals surface area contributed by atoms with Crippen molar-refractivity contribution in [1.29, 1.82) is 5.41 Å². The largest absolute Gasteiger partial charge is 0.396 e. The van der Waals surface area contributed by atoms with E-state index < -0.39 is 11.4 Å². The highest BCUT2D eigenvalue weighted by atomic mass is 79.9. The summed E-state index contributed by atoms with van der Waals surface area (Å²) in [5.74, 6) is -0.623. The second kappa shape index (κ2) is 5.76. The standard InChI is InChI=1S/C17H14BrFN4O/c1-7-4-13-9(5-11(7)18)14(16(22)17(24)23-13)8-2-3-12(19)15(21)10(8)6-20/h2-6,20H,21-22H2,1H3,(H,23,24). The van der Waals surface area contributed by atoms with E-state index in [4.69, 9.17) is 16.9 Å². The number of anilines is 2. The molecule has 0 aliphatic carbocycles. The Balaban J connectivity index is 2.53. The first-order valence-corrected chi connectivity index (χ1v) is 7.85. The van der Waals surface area contributed by atoms with E-state index in [0.717, 1.165) is 16.3 Å². The number of halogens is 2. The van der Waals surface area contributed by atoms with E-state index in [1.165, 1.54) is 12.1 Å². The predicted octanol–water partition coefficient (Wildman–Crippen LogP) is 3.57. The van der Waals surface area contributed by atoms with Gasteiger partial charge in [0.15, 0.2) is 0 Å². The van der Waals surface area contributed by atoms with Crippen molar-refractivity contribution < 1.29 is 4.39 Å². The molecule has 1 heterocycles. The molecule has 122 valence electrons. The Labute approximate surface area is 145 Å². The molecule has 6 N–H and O–H groups in total. The van der Waals surface area contributed by atoms with E-state index in [2.05, 4.69) is 20.9 Å². The summed E-state index contributed by atoms with van der Waals surface area (Å²) in [5.41, 5.74) is 13.8. The molecule has 3 rings (SSSR count). The van der Waals surface area contributed by atoms with Crippen LogP contribution in [0.2, 0.25) is 0 Å². The average Bonchev–Trinajstić information content (AvgIpc) is 2.54. The molecule has 0 radical (unpaired) electrons. The maximum Gasteiger partial charge on any atom is 0.272 e. The highest BCUT2D eigenvalue weighted by Crippen LogP contribution is 2.37. The monoisotopic (exact) mass is 388 g/mol. The second-order valence-electron chi connectivity index (χ2n) is 5.46. The number of hydrogen-bond donors (Lipinski definition) is 4. The third-order valence-electron chi connectivity index (χ3n) is 3.98. The number of pyridine rings is 1. The van der Waals surface area contributed by atoms with Gasteiger partial charge in [-0.3, -0.25) is 4.79 Å². The molecule has 0 saturated heterocycles. The van der Waals surface area contributed by atoms with Crippen molar-refractivity contribution in [2.75, 3.05) is 11.5 Å². The summed E-state index contributed by atoms with van der Waals surface area (Å²) < 4.78 is 14.6. The molecule has 2 aromatic carbocycles. The van der Waals surface area contributed by atoms with Gasteiger partial charge in [-0.2, -0.15) is 0 Å². The van der Waals surface area contributed by atoms with Crippen molar-refractivity contribution in [2.24, 2.45) is 0 Å². The van der Waals surface area contributed by atoms with Crippen molar-refractivity contribution in [3.8, 4) is 11.1 Å². The van der Waals surface area contributed by atoms with Crippen LogP contribution in [0.5, 0.6) is 0 Å². The molecule has 0 unspecified atom stereocenters. The van der Waals surface area contributed by atoms with E-state index in [1.807, 2.05) is 19.1 Å². The number of rotatable bonds is 2. The van der Waals surface area contributed by atoms with Crippen LogP contribution in [0.25, 0.3) is 22.0 Å². The molecule has 0 aliphatic rings. The van der Waals surface area contributed by atoms with Gasteiger partial charge in [-0.25, -0.2) is 4.39 Å². The van der Waals surface area contributed by atoms with Crippen molar-refractivity contribution in [1.82, 2.24) is 4.98 Å². The maximum atomic E-state index is 13.7. The minimum absolute atomic E-state index is 0.00707. The number of aromatic nitrogens is 1. The summed E-state index contributed by atoms with van der Waals surface area (Å²) in [6.07, 6.45) is 0.962. The van der Waals surface area contributed by atoms with Gasteiger partial charge in [0.1, 0.15) is 11.5 Å². The lowest BCUT2D eigenvalue weighted by Gasteiger charge is -2.15. The Kier molecular flexibility index (Phi) is 3.88. The van der Waals surface area contributed by atoms with Crippen LogP contribution in [0.15, 0.2) is 33.5 Å². The summed E-state index contributed by atoms with van der Waals surface area (Å²) >= 11 is 3.47. The first-order valence-electron chi connectivity index (χ1n) is 7.05. The maximum absolute atomic E-state index is 13.7. The van der Waals surface area contributed by atoms with Gasteiger partial charge < -0.3 is 21.9 Å². The van der Waals surface area contributed by atoms with E-state index in [1.54, 1.807) is 0 Å². The van der Waals surface area contributed by atoms with Gasteiger partial charge in [-0.05, 0) is 36.2 Å². The third kappa shape index (κ3) is 2.37. The predicted molar refractivity (Wildman–Crippen MR) is 99.1 cm³/mol. The lowest BCUT2D eigenvalue weighted by molar-refractivity contribution is 0.632. The summed E-state index contributed by atoms with van der Waals surface area (Å²) in [4.78, 5) is 15.0. The topological polar surface area (TPSA) is 109 Å². The van der Waals surface area contributed by atoms with Crippen molar-refractivity contribution in [3.05, 3.63) is 56.0 Å². The smallest absolute Gasteiger partial charge is 0.272 e. The molecule has 0 amide bonds. The summed E-state index contributed by atoms with van der Waals surface area (Å²) in [7, 11) is 0. The number of nitrogen functional groups attached to an aromatic ring is 2. The number of H-pyrrole nitrogens is 1. The number of benzene rings is 2. The summed E-state index contributed by atoms with van der Waals surface area (Å²) in [5, 5.41) is 8.25. The molecule has 0 aliphatic heterocycles. The highest BCUT2D eigenvalue weighted by Gasteiger charge is 2.18. The zero-order chi connectivity index (χ0) is 17.6. The van der Waals surface area contributed by atoms with Crippen molar-refractivity contribution in [3.63, 3.8) is 0 Å². The van der Waals surface area contributed by atoms with E-state index in [-0.39, 0.29) is 16.9 Å². The van der Waals surface area contributed by atoms with Gasteiger partial charge in [0.05, 0.1) is 5.69 Å². The van der Waals surface area contributed by atoms with Crippen molar-refractivity contribution >= 4 is 44.4 Å². The molecule has 0 saturated carbocycles. The summed E-state index contributed by atoms with van der Waals surface area (Å²) in [6, 6.07) is 6.33. The molecular weight excluding hydrogens is 375 g/mol. The second-order valence-corrected chi connectivity index (χ2v) is 6.31. The van der Waals surface area contributed by atoms with Crippen molar-refractivity contribution in [2.45, 2.75) is 6.92 Å². The normalized spacial score (nSPS) is 11.0. The fourth-order valence-electron chi connectivity index (χ4n) is 2.71. The Morgan fingerprint density at radius 2 is 1.96 bits per heavy atom. The molecule has 0 atom stereocenters. The van der Waals surface area contributed by atoms with Gasteiger partial charge in [0.25, 0.3) is 5.56 Å². The number of nitrogens with one attached hydrogen (secondary N) is 2. The molecule has 3 aromatic rings. The Morgan fingerprint density at radius 3 is 2.62 bits per heavy atom. The van der Waals surface area contributed by atoms with Crippen LogP contribution >= 0.6 is 15.9 Å². The van der Waals surface area contributed by atoms with Gasteiger partial charge >= 0.3 is 0 Å². The number of aromatic amines is 1. The fourth-order valence-corrected chi connectivity index (χ4v) is 3.06. The molecule has 7 heteroatoms. The SMILES string of the molecule is Cc1cc2[nH]c(=O)c(N)c(-c3ccc(F)c(N)c3C=N)c2cc1Br. The van der Waals surface area contributed by atoms with Gasteiger partial charge in [-0.1, -0.05) is 22.0 Å². The number of fused-ring (bicyclic) bond motifs is 1. The molecular formula is C17H14BrFN4O. The average molecular weight is 389 g/mol. The highest BCUT2D eigenvalue weighted by molar-refractivity contribution is 9.10. The third-order valence-corrected chi connectivity index (χ3v) is 4.83. The van der Waals surface area contributed by atoms with Gasteiger partial charge in [-0.15, -0.1) is 0 Å². The van der Waals surface area contributed by atoms with Crippen LogP contribution in [-0.2, 0) is 0 Å². The van der Waals surface area contributed by atoms with Gasteiger partial charge in [0.2, 0.25) is 0 Å². The lowest BCUT2D eigenvalue weighted by Crippen LogP contribution is -2.14. The van der Waals surface area contributed by atoms with Crippen LogP contribution in [0, 0.1) is 18.2 Å².